The third-order valence-corrected chi connectivity index (χ3v) is 3.63. The van der Waals surface area contributed by atoms with Crippen molar-refractivity contribution in [2.75, 3.05) is 11.4 Å². The average molecular weight is 268 g/mol. The van der Waals surface area contributed by atoms with E-state index in [4.69, 9.17) is 5.90 Å². The molecule has 0 bridgehead atoms. The summed E-state index contributed by atoms with van der Waals surface area (Å²) in [6.07, 6.45) is 0.938. The van der Waals surface area contributed by atoms with E-state index >= 15 is 0 Å². The molecule has 2 N–H and O–H groups in total. The smallest absolute Gasteiger partial charge is 0.356 e. The normalized spacial score (nSPS) is 13.2. The van der Waals surface area contributed by atoms with Crippen molar-refractivity contribution in [1.29, 1.82) is 0 Å². The van der Waals surface area contributed by atoms with E-state index in [0.717, 1.165) is 19.5 Å². The van der Waals surface area contributed by atoms with Gasteiger partial charge in [-0.15, -0.1) is 0 Å². The second-order valence-corrected chi connectivity index (χ2v) is 4.91. The largest absolute Gasteiger partial charge is 0.370 e. The molecule has 0 unspecified atom stereocenters. The van der Waals surface area contributed by atoms with Crippen LogP contribution in [0.2, 0.25) is 0 Å². The van der Waals surface area contributed by atoms with E-state index in [1.807, 2.05) is 30.3 Å². The minimum atomic E-state index is -0.491. The van der Waals surface area contributed by atoms with Crippen molar-refractivity contribution in [2.24, 2.45) is 5.90 Å². The Bertz CT molecular complexity index is 626. The molecule has 0 aromatic heterocycles. The quantitative estimate of drug-likeness (QED) is 0.868. The van der Waals surface area contributed by atoms with Gasteiger partial charge in [0.1, 0.15) is 0 Å². The second-order valence-electron chi connectivity index (χ2n) is 4.91. The number of carbonyl (C=O) groups is 1. The van der Waals surface area contributed by atoms with Crippen LogP contribution in [0.25, 0.3) is 0 Å². The van der Waals surface area contributed by atoms with Gasteiger partial charge in [0.25, 0.3) is 0 Å². The van der Waals surface area contributed by atoms with Crippen LogP contribution in [-0.2, 0) is 17.8 Å². The van der Waals surface area contributed by atoms with Gasteiger partial charge >= 0.3 is 5.97 Å². The average Bonchev–Trinajstić information content (AvgIpc) is 2.90. The van der Waals surface area contributed by atoms with Gasteiger partial charge in [-0.1, -0.05) is 30.3 Å². The van der Waals surface area contributed by atoms with Crippen LogP contribution < -0.4 is 10.8 Å². The van der Waals surface area contributed by atoms with Gasteiger partial charge in [-0.3, -0.25) is 0 Å². The van der Waals surface area contributed by atoms with Gasteiger partial charge in [0.15, 0.2) is 0 Å². The number of hydrogen-bond acceptors (Lipinski definition) is 4. The number of anilines is 1. The number of hydrogen-bond donors (Lipinski definition) is 1. The highest BCUT2D eigenvalue weighted by atomic mass is 16.7. The van der Waals surface area contributed by atoms with Gasteiger partial charge in [-0.2, -0.15) is 5.90 Å². The van der Waals surface area contributed by atoms with Gasteiger partial charge in [-0.25, -0.2) is 4.79 Å². The van der Waals surface area contributed by atoms with E-state index in [-0.39, 0.29) is 0 Å². The lowest BCUT2D eigenvalue weighted by Gasteiger charge is -2.19. The zero-order chi connectivity index (χ0) is 13.9. The lowest BCUT2D eigenvalue weighted by Crippen LogP contribution is -2.19. The van der Waals surface area contributed by atoms with Crippen molar-refractivity contribution in [2.45, 2.75) is 13.0 Å². The first-order valence-corrected chi connectivity index (χ1v) is 6.61. The molecule has 0 saturated heterocycles. The van der Waals surface area contributed by atoms with Crippen LogP contribution in [0.1, 0.15) is 21.5 Å². The maximum absolute atomic E-state index is 11.4. The number of fused-ring (bicyclic) bond motifs is 1. The van der Waals surface area contributed by atoms with Crippen molar-refractivity contribution in [1.82, 2.24) is 0 Å². The highest BCUT2D eigenvalue weighted by Gasteiger charge is 2.20. The molecule has 0 atom stereocenters. The molecule has 2 aromatic carbocycles. The molecule has 0 spiro atoms. The lowest BCUT2D eigenvalue weighted by molar-refractivity contribution is 0.0503. The molecule has 1 aliphatic rings. The third-order valence-electron chi connectivity index (χ3n) is 3.63. The van der Waals surface area contributed by atoms with Crippen LogP contribution in [0.3, 0.4) is 0 Å². The predicted octanol–water partition coefficient (Wildman–Crippen LogP) is 2.28. The molecular weight excluding hydrogens is 252 g/mol. The summed E-state index contributed by atoms with van der Waals surface area (Å²) in [5.74, 6) is 4.43. The number of rotatable bonds is 3. The highest BCUT2D eigenvalue weighted by Crippen LogP contribution is 2.30. The van der Waals surface area contributed by atoms with Crippen molar-refractivity contribution in [3.8, 4) is 0 Å². The zero-order valence-electron chi connectivity index (χ0n) is 11.1. The molecular formula is C16H16N2O2. The van der Waals surface area contributed by atoms with Crippen LogP contribution in [0, 0.1) is 0 Å². The number of nitrogens with zero attached hydrogens (tertiary/aromatic N) is 1. The Balaban J connectivity index is 1.82. The molecule has 4 heteroatoms. The van der Waals surface area contributed by atoms with Crippen molar-refractivity contribution in [3.63, 3.8) is 0 Å². The summed E-state index contributed by atoms with van der Waals surface area (Å²) < 4.78 is 0. The van der Waals surface area contributed by atoms with Crippen LogP contribution in [0.5, 0.6) is 0 Å². The third kappa shape index (κ3) is 2.38. The van der Waals surface area contributed by atoms with E-state index in [2.05, 4.69) is 21.9 Å². The Kier molecular flexibility index (Phi) is 3.39. The first-order chi connectivity index (χ1) is 9.78. The maximum atomic E-state index is 11.4. The summed E-state index contributed by atoms with van der Waals surface area (Å²) >= 11 is 0. The van der Waals surface area contributed by atoms with Crippen LogP contribution in [-0.4, -0.2) is 12.5 Å². The van der Waals surface area contributed by atoms with E-state index in [1.54, 1.807) is 6.07 Å². The summed E-state index contributed by atoms with van der Waals surface area (Å²) in [4.78, 5) is 18.0. The Morgan fingerprint density at radius 2 is 2.00 bits per heavy atom. The first kappa shape index (κ1) is 12.7. The Hall–Kier alpha value is -2.33. The Morgan fingerprint density at radius 1 is 1.20 bits per heavy atom. The minimum absolute atomic E-state index is 0.491. The molecule has 0 radical (unpaired) electrons. The fourth-order valence-corrected chi connectivity index (χ4v) is 2.63. The van der Waals surface area contributed by atoms with Gasteiger partial charge in [0.05, 0.1) is 5.56 Å². The lowest BCUT2D eigenvalue weighted by atomic mass is 10.1. The zero-order valence-corrected chi connectivity index (χ0v) is 11.1. The monoisotopic (exact) mass is 268 g/mol. The van der Waals surface area contributed by atoms with Gasteiger partial charge < -0.3 is 9.74 Å². The van der Waals surface area contributed by atoms with Crippen LogP contribution >= 0.6 is 0 Å². The number of nitrogens with two attached hydrogens (primary N) is 1. The van der Waals surface area contributed by atoms with Crippen molar-refractivity contribution < 1.29 is 9.63 Å². The van der Waals surface area contributed by atoms with E-state index in [9.17, 15) is 4.79 Å². The molecule has 102 valence electrons. The highest BCUT2D eigenvalue weighted by molar-refractivity contribution is 5.90. The summed E-state index contributed by atoms with van der Waals surface area (Å²) in [5, 5.41) is 0. The molecule has 0 fully saturated rings. The Morgan fingerprint density at radius 3 is 2.75 bits per heavy atom. The number of carbonyl (C=O) groups excluding carboxylic acids is 1. The summed E-state index contributed by atoms with van der Waals surface area (Å²) in [5.41, 5.74) is 4.14. The fourth-order valence-electron chi connectivity index (χ4n) is 2.63. The summed E-state index contributed by atoms with van der Waals surface area (Å²) in [6.45, 7) is 1.85. The fraction of sp³-hybridized carbons (Fsp3) is 0.188. The predicted molar refractivity (Wildman–Crippen MR) is 77.2 cm³/mol. The van der Waals surface area contributed by atoms with E-state index in [0.29, 0.717) is 5.56 Å². The van der Waals surface area contributed by atoms with Gasteiger partial charge in [0, 0.05) is 18.8 Å². The molecule has 0 saturated carbocycles. The minimum Gasteiger partial charge on any atom is -0.370 e. The van der Waals surface area contributed by atoms with Crippen molar-refractivity contribution >= 4 is 11.7 Å². The molecule has 1 aliphatic heterocycles. The summed E-state index contributed by atoms with van der Waals surface area (Å²) in [6, 6.07) is 16.0. The SMILES string of the molecule is NOC(=O)c1ccc2c(c1)CCN2Cc1ccccc1. The number of benzene rings is 2. The van der Waals surface area contributed by atoms with Crippen LogP contribution in [0.15, 0.2) is 48.5 Å². The topological polar surface area (TPSA) is 55.6 Å². The summed E-state index contributed by atoms with van der Waals surface area (Å²) in [7, 11) is 0. The molecule has 4 nitrogen and oxygen atoms in total. The van der Waals surface area contributed by atoms with Crippen LogP contribution in [0.4, 0.5) is 5.69 Å². The van der Waals surface area contributed by atoms with Gasteiger partial charge in [0.2, 0.25) is 0 Å². The van der Waals surface area contributed by atoms with E-state index < -0.39 is 5.97 Å². The second kappa shape index (κ2) is 5.35. The molecule has 3 rings (SSSR count). The molecule has 1 heterocycles. The maximum Gasteiger partial charge on any atom is 0.356 e. The molecule has 0 amide bonds. The standard InChI is InChI=1S/C16H16N2O2/c17-20-16(19)14-6-7-15-13(10-14)8-9-18(15)11-12-4-2-1-3-5-12/h1-7,10H,8-9,11,17H2. The Labute approximate surface area is 117 Å². The van der Waals surface area contributed by atoms with Gasteiger partial charge in [-0.05, 0) is 35.7 Å². The van der Waals surface area contributed by atoms with Crippen molar-refractivity contribution in [3.05, 3.63) is 65.2 Å². The molecule has 0 aliphatic carbocycles. The molecule has 2 aromatic rings. The molecule has 20 heavy (non-hydrogen) atoms. The van der Waals surface area contributed by atoms with E-state index in [1.165, 1.54) is 16.8 Å². The first-order valence-electron chi connectivity index (χ1n) is 6.61.